The second-order valence-electron chi connectivity index (χ2n) is 11.9. The molecule has 0 spiro atoms. The van der Waals surface area contributed by atoms with E-state index in [0.717, 1.165) is 49.9 Å². The first-order valence-corrected chi connectivity index (χ1v) is 18.4. The van der Waals surface area contributed by atoms with Crippen LogP contribution in [0.1, 0.15) is 40.3 Å². The van der Waals surface area contributed by atoms with Crippen LogP contribution in [0.2, 0.25) is 0 Å². The van der Waals surface area contributed by atoms with Crippen LogP contribution in [-0.2, 0) is 62.5 Å². The van der Waals surface area contributed by atoms with Crippen molar-refractivity contribution in [2.45, 2.75) is 46.3 Å². The Bertz CT molecular complexity index is 2050. The van der Waals surface area contributed by atoms with Gasteiger partial charge in [0, 0.05) is 29.6 Å². The summed E-state index contributed by atoms with van der Waals surface area (Å²) < 4.78 is 43.4. The Labute approximate surface area is 297 Å². The van der Waals surface area contributed by atoms with Crippen molar-refractivity contribution in [3.63, 3.8) is 0 Å². The number of nitrogens with one attached hydrogen (secondary N) is 1. The monoisotopic (exact) mass is 704 g/mol. The van der Waals surface area contributed by atoms with Crippen LogP contribution in [0.3, 0.4) is 0 Å². The molecule has 5 aromatic carbocycles. The number of furan rings is 1. The van der Waals surface area contributed by atoms with Crippen molar-refractivity contribution < 1.29 is 32.3 Å². The third-order valence-electron chi connectivity index (χ3n) is 8.22. The third-order valence-corrected chi connectivity index (χ3v) is 9.70. The molecule has 262 valence electrons. The summed E-state index contributed by atoms with van der Waals surface area (Å²) in [7, 11) is -3.78. The molecule has 6 rings (SSSR count). The summed E-state index contributed by atoms with van der Waals surface area (Å²) in [5.41, 5.74) is 13.7. The summed E-state index contributed by atoms with van der Waals surface area (Å²) in [5.74, 6) is 0.148. The van der Waals surface area contributed by atoms with Gasteiger partial charge in [-0.05, 0) is 70.6 Å². The summed E-state index contributed by atoms with van der Waals surface area (Å²) >= 11 is 0. The molecule has 0 atom stereocenters. The minimum absolute atomic E-state index is 0.0354. The molecule has 10 heteroatoms. The fourth-order valence-corrected chi connectivity index (χ4v) is 6.88. The van der Waals surface area contributed by atoms with Crippen molar-refractivity contribution in [3.05, 3.63) is 161 Å². The Morgan fingerprint density at radius 2 is 1.45 bits per heavy atom. The minimum Gasteiger partial charge on any atom is -0.489 e. The average molecular weight is 705 g/mol. The highest BCUT2D eigenvalue weighted by Gasteiger charge is 2.25. The van der Waals surface area contributed by atoms with Gasteiger partial charge in [-0.2, -0.15) is 0 Å². The third kappa shape index (κ3) is 9.82. The molecular formula is C41H41N2O7P. The molecule has 0 aliphatic heterocycles. The highest BCUT2D eigenvalue weighted by atomic mass is 31.2. The predicted octanol–water partition coefficient (Wildman–Crippen LogP) is 8.87. The zero-order valence-electron chi connectivity index (χ0n) is 28.5. The second-order valence-corrected chi connectivity index (χ2v) is 13.8. The van der Waals surface area contributed by atoms with E-state index in [-0.39, 0.29) is 45.4 Å². The number of hydrogen-bond acceptors (Lipinski definition) is 8. The van der Waals surface area contributed by atoms with Gasteiger partial charge in [-0.15, -0.1) is 0 Å². The Kier molecular flexibility index (Phi) is 12.1. The molecule has 0 aliphatic rings. The lowest BCUT2D eigenvalue weighted by Crippen LogP contribution is -2.15. The number of esters is 1. The van der Waals surface area contributed by atoms with Crippen LogP contribution in [0, 0.1) is 0 Å². The van der Waals surface area contributed by atoms with Gasteiger partial charge in [0.2, 0.25) is 0 Å². The number of ether oxygens (including phenoxy) is 2. The molecule has 9 nitrogen and oxygen atoms in total. The normalized spacial score (nSPS) is 11.5. The highest BCUT2D eigenvalue weighted by Crippen LogP contribution is 2.46. The van der Waals surface area contributed by atoms with Crippen LogP contribution in [0.15, 0.2) is 132 Å². The van der Waals surface area contributed by atoms with Gasteiger partial charge >= 0.3 is 13.7 Å². The van der Waals surface area contributed by atoms with E-state index in [0.29, 0.717) is 17.9 Å². The summed E-state index contributed by atoms with van der Waals surface area (Å²) in [6.07, 6.45) is 1.71. The maximum atomic E-state index is 14.0. The summed E-state index contributed by atoms with van der Waals surface area (Å²) in [6.45, 7) is 3.06. The first kappa shape index (κ1) is 35.8. The molecule has 1 aromatic heterocycles. The van der Waals surface area contributed by atoms with Crippen molar-refractivity contribution >= 4 is 24.7 Å². The van der Waals surface area contributed by atoms with Gasteiger partial charge in [0.25, 0.3) is 0 Å². The maximum absolute atomic E-state index is 14.0. The molecule has 0 radical (unpaired) electrons. The van der Waals surface area contributed by atoms with Crippen molar-refractivity contribution in [1.29, 1.82) is 0 Å². The lowest BCUT2D eigenvalue weighted by molar-refractivity contribution is -0.142. The SMILES string of the molecule is CCOC(=O)Cc1ccc(CNP(=O)(OCc2ccccc2)OCc2ccccc2)cc1OCc1cc(-c2cccc(CN)c2)c2occc2c1. The molecule has 3 N–H and O–H groups in total. The molecule has 0 fully saturated rings. The summed E-state index contributed by atoms with van der Waals surface area (Å²) in [6, 6.07) is 38.6. The van der Waals surface area contributed by atoms with Crippen LogP contribution in [0.25, 0.3) is 22.1 Å². The molecule has 0 unspecified atom stereocenters. The van der Waals surface area contributed by atoms with Crippen LogP contribution in [0.5, 0.6) is 5.75 Å². The van der Waals surface area contributed by atoms with E-state index in [4.69, 9.17) is 28.7 Å². The zero-order chi connectivity index (χ0) is 35.5. The molecule has 6 aromatic rings. The van der Waals surface area contributed by atoms with E-state index >= 15 is 0 Å². The van der Waals surface area contributed by atoms with E-state index in [1.807, 2.05) is 115 Å². The Hall–Kier alpha value is -5.02. The quantitative estimate of drug-likeness (QED) is 0.0708. The molecule has 0 amide bonds. The summed E-state index contributed by atoms with van der Waals surface area (Å²) in [5, 5.41) is 3.97. The van der Waals surface area contributed by atoms with E-state index in [2.05, 4.69) is 11.2 Å². The van der Waals surface area contributed by atoms with E-state index < -0.39 is 7.75 Å². The van der Waals surface area contributed by atoms with Gasteiger partial charge in [-0.25, -0.2) is 9.65 Å². The smallest absolute Gasteiger partial charge is 0.406 e. The van der Waals surface area contributed by atoms with Gasteiger partial charge in [-0.3, -0.25) is 13.8 Å². The highest BCUT2D eigenvalue weighted by molar-refractivity contribution is 7.51. The minimum atomic E-state index is -3.78. The number of hydrogen-bond donors (Lipinski definition) is 2. The largest absolute Gasteiger partial charge is 0.489 e. The fourth-order valence-electron chi connectivity index (χ4n) is 5.61. The van der Waals surface area contributed by atoms with Crippen molar-refractivity contribution in [2.24, 2.45) is 5.73 Å². The molecule has 0 saturated heterocycles. The summed E-state index contributed by atoms with van der Waals surface area (Å²) in [4.78, 5) is 12.6. The fraction of sp³-hybridized carbons (Fsp3) is 0.195. The molecule has 0 bridgehead atoms. The van der Waals surface area contributed by atoms with Gasteiger partial charge in [0.05, 0.1) is 32.5 Å². The second kappa shape index (κ2) is 17.3. The molecule has 1 heterocycles. The topological polar surface area (TPSA) is 122 Å². The van der Waals surface area contributed by atoms with Crippen molar-refractivity contribution in [1.82, 2.24) is 5.09 Å². The first-order chi connectivity index (χ1) is 24.9. The van der Waals surface area contributed by atoms with Gasteiger partial charge in [0.15, 0.2) is 0 Å². The van der Waals surface area contributed by atoms with Crippen molar-refractivity contribution in [2.75, 3.05) is 6.61 Å². The molecular weight excluding hydrogens is 663 g/mol. The Balaban J connectivity index is 1.23. The van der Waals surface area contributed by atoms with E-state index in [1.165, 1.54) is 0 Å². The standard InChI is InChI=1S/C41H41N2O7P/c1-2-46-40(44)24-36-17-16-33(26-43-51(45,49-28-30-10-5-3-6-11-30)50-29-31-12-7-4-8-13-31)23-39(36)48-27-34-21-37-18-19-47-41(37)38(22-34)35-15-9-14-32(20-35)25-42/h3-23H,2,24-29,42H2,1H3,(H,43,45). The number of benzene rings is 5. The number of rotatable bonds is 17. The van der Waals surface area contributed by atoms with Crippen molar-refractivity contribution in [3.8, 4) is 16.9 Å². The van der Waals surface area contributed by atoms with Gasteiger partial charge in [-0.1, -0.05) is 91.0 Å². The Morgan fingerprint density at radius 3 is 2.14 bits per heavy atom. The van der Waals surface area contributed by atoms with Crippen LogP contribution in [-0.4, -0.2) is 12.6 Å². The molecule has 0 aliphatic carbocycles. The van der Waals surface area contributed by atoms with Crippen LogP contribution < -0.4 is 15.6 Å². The average Bonchev–Trinajstić information content (AvgIpc) is 3.65. The first-order valence-electron chi connectivity index (χ1n) is 16.8. The molecule has 51 heavy (non-hydrogen) atoms. The predicted molar refractivity (Wildman–Crippen MR) is 198 cm³/mol. The van der Waals surface area contributed by atoms with E-state index in [9.17, 15) is 9.36 Å². The number of carbonyl (C=O) groups excluding carboxylic acids is 1. The molecule has 0 saturated carbocycles. The van der Waals surface area contributed by atoms with E-state index in [1.54, 1.807) is 13.2 Å². The lowest BCUT2D eigenvalue weighted by Gasteiger charge is -2.20. The lowest BCUT2D eigenvalue weighted by atomic mass is 9.99. The number of carbonyl (C=O) groups is 1. The van der Waals surface area contributed by atoms with Crippen LogP contribution in [0.4, 0.5) is 0 Å². The van der Waals surface area contributed by atoms with Gasteiger partial charge < -0.3 is 19.6 Å². The number of nitrogens with two attached hydrogens (primary N) is 1. The zero-order valence-corrected chi connectivity index (χ0v) is 29.4. The maximum Gasteiger partial charge on any atom is 0.406 e. The number of fused-ring (bicyclic) bond motifs is 1. The Morgan fingerprint density at radius 1 is 0.745 bits per heavy atom. The van der Waals surface area contributed by atoms with Crippen LogP contribution >= 0.6 is 7.75 Å². The van der Waals surface area contributed by atoms with Gasteiger partial charge in [0.1, 0.15) is 17.9 Å².